The van der Waals surface area contributed by atoms with Crippen molar-refractivity contribution in [2.75, 3.05) is 25.2 Å². The minimum absolute atomic E-state index is 0.0512. The van der Waals surface area contributed by atoms with Crippen molar-refractivity contribution in [2.24, 2.45) is 0 Å². The number of benzene rings is 2. The van der Waals surface area contributed by atoms with Crippen molar-refractivity contribution in [3.63, 3.8) is 0 Å². The average molecular weight is 438 g/mol. The Labute approximate surface area is 189 Å². The van der Waals surface area contributed by atoms with Gasteiger partial charge in [-0.05, 0) is 50.2 Å². The van der Waals surface area contributed by atoms with E-state index in [1.54, 1.807) is 0 Å². The van der Waals surface area contributed by atoms with Gasteiger partial charge < -0.3 is 9.88 Å². The Kier molecular flexibility index (Phi) is 8.26. The molecule has 1 unspecified atom stereocenters. The number of hydrogen-bond acceptors (Lipinski definition) is 5. The number of carbonyl (C=O) groups excluding carboxylic acids is 1. The van der Waals surface area contributed by atoms with E-state index in [1.807, 2.05) is 42.5 Å². The Bertz CT molecular complexity index is 969. The summed E-state index contributed by atoms with van der Waals surface area (Å²) < 4.78 is 2.14. The van der Waals surface area contributed by atoms with E-state index in [4.69, 9.17) is 0 Å². The zero-order chi connectivity index (χ0) is 22.2. The molecule has 1 amide bonds. The summed E-state index contributed by atoms with van der Waals surface area (Å²) in [5, 5.41) is 12.7. The normalized spacial score (nSPS) is 12.2. The molecule has 0 spiro atoms. The van der Waals surface area contributed by atoms with Gasteiger partial charge in [0.05, 0.1) is 18.3 Å². The van der Waals surface area contributed by atoms with Gasteiger partial charge in [0, 0.05) is 5.69 Å². The molecular formula is C24H31N5OS. The second-order valence-electron chi connectivity index (χ2n) is 7.69. The molecular weight excluding hydrogens is 406 g/mol. The molecule has 1 N–H and O–H groups in total. The van der Waals surface area contributed by atoms with E-state index in [2.05, 4.69) is 65.1 Å². The Morgan fingerprint density at radius 3 is 2.35 bits per heavy atom. The largest absolute Gasteiger partial charge is 0.325 e. The molecule has 1 atom stereocenters. The molecule has 0 radical (unpaired) electrons. The smallest absolute Gasteiger partial charge is 0.234 e. The molecule has 7 heteroatoms. The van der Waals surface area contributed by atoms with Gasteiger partial charge in [-0.2, -0.15) is 0 Å². The molecule has 0 aliphatic heterocycles. The number of thioether (sulfide) groups is 1. The lowest BCUT2D eigenvalue weighted by Gasteiger charge is -2.23. The fourth-order valence-corrected chi connectivity index (χ4v) is 4.24. The van der Waals surface area contributed by atoms with Gasteiger partial charge in [0.15, 0.2) is 11.0 Å². The molecule has 164 valence electrons. The lowest BCUT2D eigenvalue weighted by molar-refractivity contribution is -0.113. The summed E-state index contributed by atoms with van der Waals surface area (Å²) in [7, 11) is 4.11. The van der Waals surface area contributed by atoms with Crippen molar-refractivity contribution in [3.8, 4) is 0 Å². The van der Waals surface area contributed by atoms with Crippen LogP contribution in [0.5, 0.6) is 0 Å². The van der Waals surface area contributed by atoms with E-state index >= 15 is 0 Å². The van der Waals surface area contributed by atoms with Crippen LogP contribution in [-0.2, 0) is 17.8 Å². The maximum atomic E-state index is 12.5. The molecule has 0 bridgehead atoms. The monoisotopic (exact) mass is 437 g/mol. The number of nitrogens with one attached hydrogen (secondary N) is 1. The number of amides is 1. The minimum atomic E-state index is -0.0512. The lowest BCUT2D eigenvalue weighted by Crippen LogP contribution is -2.23. The molecule has 3 rings (SSSR count). The Balaban J connectivity index is 1.74. The maximum absolute atomic E-state index is 12.5. The first-order valence-electron chi connectivity index (χ1n) is 10.7. The minimum Gasteiger partial charge on any atom is -0.325 e. The van der Waals surface area contributed by atoms with Crippen molar-refractivity contribution in [1.29, 1.82) is 0 Å². The topological polar surface area (TPSA) is 63.1 Å². The molecule has 31 heavy (non-hydrogen) atoms. The highest BCUT2D eigenvalue weighted by Gasteiger charge is 2.22. The molecule has 2 aromatic carbocycles. The highest BCUT2D eigenvalue weighted by atomic mass is 32.2. The predicted octanol–water partition coefficient (Wildman–Crippen LogP) is 4.63. The number of anilines is 1. The zero-order valence-electron chi connectivity index (χ0n) is 18.7. The first-order chi connectivity index (χ1) is 15.0. The van der Waals surface area contributed by atoms with Gasteiger partial charge in [0.1, 0.15) is 0 Å². The fourth-order valence-electron chi connectivity index (χ4n) is 3.50. The number of aromatic nitrogens is 3. The fraction of sp³-hybridized carbons (Fsp3) is 0.375. The van der Waals surface area contributed by atoms with Crippen molar-refractivity contribution in [2.45, 2.75) is 44.4 Å². The molecule has 0 fully saturated rings. The van der Waals surface area contributed by atoms with E-state index in [9.17, 15) is 4.79 Å². The third-order valence-corrected chi connectivity index (χ3v) is 6.18. The molecule has 0 saturated carbocycles. The van der Waals surface area contributed by atoms with Gasteiger partial charge in [-0.3, -0.25) is 9.69 Å². The highest BCUT2D eigenvalue weighted by Crippen LogP contribution is 2.26. The van der Waals surface area contributed by atoms with E-state index < -0.39 is 0 Å². The number of aryl methyl sites for hydroxylation is 1. The van der Waals surface area contributed by atoms with Crippen LogP contribution in [0.1, 0.15) is 43.3 Å². The Morgan fingerprint density at radius 1 is 1.03 bits per heavy atom. The van der Waals surface area contributed by atoms with Crippen LogP contribution in [0, 0.1) is 0 Å². The number of carbonyl (C=O) groups is 1. The summed E-state index contributed by atoms with van der Waals surface area (Å²) in [4.78, 5) is 14.7. The third kappa shape index (κ3) is 6.18. The van der Waals surface area contributed by atoms with Gasteiger partial charge in [-0.15, -0.1) is 10.2 Å². The van der Waals surface area contributed by atoms with Crippen molar-refractivity contribution < 1.29 is 4.79 Å². The van der Waals surface area contributed by atoms with Gasteiger partial charge in [0.2, 0.25) is 5.91 Å². The van der Waals surface area contributed by atoms with E-state index in [1.165, 1.54) is 22.9 Å². The van der Waals surface area contributed by atoms with Crippen LogP contribution in [0.2, 0.25) is 0 Å². The number of rotatable bonds is 10. The van der Waals surface area contributed by atoms with Crippen molar-refractivity contribution in [1.82, 2.24) is 19.7 Å². The van der Waals surface area contributed by atoms with Gasteiger partial charge >= 0.3 is 0 Å². The SMILES string of the molecule is CCc1ccc(NC(=O)CSc2nnc(C(CC)N(C)C)n2Cc2ccccc2)cc1. The molecule has 0 aliphatic carbocycles. The summed E-state index contributed by atoms with van der Waals surface area (Å²) in [5.74, 6) is 1.15. The van der Waals surface area contributed by atoms with Crippen molar-refractivity contribution in [3.05, 3.63) is 71.5 Å². The highest BCUT2D eigenvalue weighted by molar-refractivity contribution is 7.99. The van der Waals surface area contributed by atoms with E-state index in [0.717, 1.165) is 29.5 Å². The standard InChI is InChI=1S/C24H31N5OS/c1-5-18-12-14-20(15-13-18)25-22(30)17-31-24-27-26-23(21(6-2)28(3)4)29(24)16-19-10-8-7-9-11-19/h7-15,21H,5-6,16-17H2,1-4H3,(H,25,30). The summed E-state index contributed by atoms with van der Waals surface area (Å²) in [6, 6.07) is 18.4. The van der Waals surface area contributed by atoms with Gasteiger partial charge in [-0.1, -0.05) is 68.1 Å². The first-order valence-corrected chi connectivity index (χ1v) is 11.6. The summed E-state index contributed by atoms with van der Waals surface area (Å²) >= 11 is 1.42. The average Bonchev–Trinajstić information content (AvgIpc) is 3.16. The van der Waals surface area contributed by atoms with E-state index in [0.29, 0.717) is 6.54 Å². The van der Waals surface area contributed by atoms with Crippen LogP contribution in [-0.4, -0.2) is 45.4 Å². The molecule has 1 aromatic heterocycles. The Morgan fingerprint density at radius 2 is 1.74 bits per heavy atom. The summed E-state index contributed by atoms with van der Waals surface area (Å²) in [5.41, 5.74) is 3.24. The van der Waals surface area contributed by atoms with Crippen molar-refractivity contribution >= 4 is 23.4 Å². The van der Waals surface area contributed by atoms with Gasteiger partial charge in [-0.25, -0.2) is 0 Å². The maximum Gasteiger partial charge on any atom is 0.234 e. The second kappa shape index (κ2) is 11.1. The first kappa shape index (κ1) is 23.0. The van der Waals surface area contributed by atoms with Crippen LogP contribution < -0.4 is 5.32 Å². The second-order valence-corrected chi connectivity index (χ2v) is 8.63. The van der Waals surface area contributed by atoms with E-state index in [-0.39, 0.29) is 17.7 Å². The van der Waals surface area contributed by atoms with Crippen LogP contribution in [0.25, 0.3) is 0 Å². The zero-order valence-corrected chi connectivity index (χ0v) is 19.5. The van der Waals surface area contributed by atoms with Crippen LogP contribution in [0.3, 0.4) is 0 Å². The van der Waals surface area contributed by atoms with Crippen LogP contribution in [0.15, 0.2) is 59.8 Å². The van der Waals surface area contributed by atoms with Gasteiger partial charge in [0.25, 0.3) is 0 Å². The van der Waals surface area contributed by atoms with Crippen LogP contribution in [0.4, 0.5) is 5.69 Å². The summed E-state index contributed by atoms with van der Waals surface area (Å²) in [6.45, 7) is 4.94. The third-order valence-electron chi connectivity index (χ3n) is 5.22. The lowest BCUT2D eigenvalue weighted by atomic mass is 10.1. The number of hydrogen-bond donors (Lipinski definition) is 1. The predicted molar refractivity (Wildman–Crippen MR) is 127 cm³/mol. The molecule has 1 heterocycles. The molecule has 0 saturated heterocycles. The molecule has 0 aliphatic rings. The summed E-state index contributed by atoms with van der Waals surface area (Å²) in [6.07, 6.45) is 1.91. The number of nitrogens with zero attached hydrogens (tertiary/aromatic N) is 4. The Hall–Kier alpha value is -2.64. The molecule has 6 nitrogen and oxygen atoms in total. The van der Waals surface area contributed by atoms with Crippen LogP contribution >= 0.6 is 11.8 Å². The quantitative estimate of drug-likeness (QED) is 0.469. The molecule has 3 aromatic rings.